The van der Waals surface area contributed by atoms with Crippen molar-refractivity contribution in [2.24, 2.45) is 11.3 Å². The van der Waals surface area contributed by atoms with Gasteiger partial charge < -0.3 is 14.6 Å². The molecule has 13 heavy (non-hydrogen) atoms. The summed E-state index contributed by atoms with van der Waals surface area (Å²) in [5.41, 5.74) is -0.365. The molecule has 3 atom stereocenters. The van der Waals surface area contributed by atoms with E-state index in [2.05, 4.69) is 0 Å². The summed E-state index contributed by atoms with van der Waals surface area (Å²) < 4.78 is 5.34. The molecule has 1 N–H and O–H groups in total. The minimum atomic E-state index is -0.365. The molecule has 1 saturated heterocycles. The van der Waals surface area contributed by atoms with Crippen molar-refractivity contribution in [2.45, 2.75) is 31.8 Å². The molecule has 3 heteroatoms. The Bertz CT molecular complexity index is 196. The molecule has 2 aliphatic rings. The molecule has 1 heterocycles. The minimum absolute atomic E-state index is 0.158. The quantitative estimate of drug-likeness (QED) is 0.644. The van der Waals surface area contributed by atoms with Gasteiger partial charge in [-0.15, -0.1) is 0 Å². The molecule has 3 nitrogen and oxygen atoms in total. The molecule has 0 aromatic carbocycles. The fraction of sp³-hybridized carbons (Fsp3) is 0.900. The van der Waals surface area contributed by atoms with Gasteiger partial charge in [0, 0.05) is 6.61 Å². The number of aliphatic hydroxyl groups excluding tert-OH is 1. The van der Waals surface area contributed by atoms with E-state index < -0.39 is 0 Å². The summed E-state index contributed by atoms with van der Waals surface area (Å²) in [5.74, 6) is 0.158. The molecule has 1 aliphatic carbocycles. The third-order valence-corrected chi connectivity index (χ3v) is 3.51. The van der Waals surface area contributed by atoms with E-state index >= 15 is 0 Å². The maximum atomic E-state index is 11.1. The second-order valence-electron chi connectivity index (χ2n) is 4.26. The van der Waals surface area contributed by atoms with Crippen molar-refractivity contribution in [2.75, 3.05) is 13.2 Å². The molecule has 0 aromatic rings. The van der Waals surface area contributed by atoms with Gasteiger partial charge in [-0.1, -0.05) is 0 Å². The molecule has 2 fully saturated rings. The summed E-state index contributed by atoms with van der Waals surface area (Å²) in [5, 5.41) is 9.54. The van der Waals surface area contributed by atoms with Gasteiger partial charge in [0.25, 0.3) is 0 Å². The number of carbonyl (C=O) groups excluding carboxylic acids is 1. The van der Waals surface area contributed by atoms with Crippen LogP contribution in [0.3, 0.4) is 0 Å². The molecule has 0 spiro atoms. The topological polar surface area (TPSA) is 46.5 Å². The summed E-state index contributed by atoms with van der Waals surface area (Å²) in [6.45, 7) is 1.27. The van der Waals surface area contributed by atoms with Crippen molar-refractivity contribution in [3.63, 3.8) is 0 Å². The molecule has 0 radical (unpaired) electrons. The molecule has 74 valence electrons. The predicted molar refractivity (Wildman–Crippen MR) is 47.3 cm³/mol. The molecule has 2 rings (SSSR count). The van der Waals surface area contributed by atoms with E-state index in [0.717, 1.165) is 38.6 Å². The SMILES string of the molecule is O=CC1(C2CCC2O)CCCOC1. The number of rotatable bonds is 2. The lowest BCUT2D eigenvalue weighted by molar-refractivity contribution is -0.146. The van der Waals surface area contributed by atoms with E-state index in [1.165, 1.54) is 0 Å². The van der Waals surface area contributed by atoms with Crippen LogP contribution in [0.4, 0.5) is 0 Å². The van der Waals surface area contributed by atoms with E-state index in [0.29, 0.717) is 6.61 Å². The highest BCUT2D eigenvalue weighted by Gasteiger charge is 2.48. The summed E-state index contributed by atoms with van der Waals surface area (Å²) in [4.78, 5) is 11.1. The lowest BCUT2D eigenvalue weighted by atomic mass is 9.62. The van der Waals surface area contributed by atoms with Crippen LogP contribution in [0.2, 0.25) is 0 Å². The van der Waals surface area contributed by atoms with Gasteiger partial charge in [-0.25, -0.2) is 0 Å². The van der Waals surface area contributed by atoms with Crippen LogP contribution in [-0.2, 0) is 9.53 Å². The van der Waals surface area contributed by atoms with Crippen molar-refractivity contribution in [1.82, 2.24) is 0 Å². The van der Waals surface area contributed by atoms with Gasteiger partial charge in [0.1, 0.15) is 6.29 Å². The predicted octanol–water partition coefficient (Wildman–Crippen LogP) is 0.753. The highest BCUT2D eigenvalue weighted by atomic mass is 16.5. The van der Waals surface area contributed by atoms with Gasteiger partial charge in [0.15, 0.2) is 0 Å². The number of aldehydes is 1. The summed E-state index contributed by atoms with van der Waals surface area (Å²) in [6.07, 6.45) is 4.40. The number of carbonyl (C=O) groups is 1. The van der Waals surface area contributed by atoms with E-state index in [4.69, 9.17) is 4.74 Å². The second-order valence-corrected chi connectivity index (χ2v) is 4.26. The Morgan fingerprint density at radius 2 is 2.31 bits per heavy atom. The second kappa shape index (κ2) is 3.39. The summed E-state index contributed by atoms with van der Waals surface area (Å²) in [7, 11) is 0. The number of aliphatic hydroxyl groups is 1. The fourth-order valence-electron chi connectivity index (χ4n) is 2.46. The van der Waals surface area contributed by atoms with Crippen LogP contribution in [0.15, 0.2) is 0 Å². The summed E-state index contributed by atoms with van der Waals surface area (Å²) in [6, 6.07) is 0. The molecular weight excluding hydrogens is 168 g/mol. The third kappa shape index (κ3) is 1.40. The normalized spacial score (nSPS) is 45.3. The Labute approximate surface area is 78.1 Å². The van der Waals surface area contributed by atoms with E-state index in [9.17, 15) is 9.90 Å². The Kier molecular flexibility index (Phi) is 2.39. The van der Waals surface area contributed by atoms with Crippen molar-refractivity contribution in [1.29, 1.82) is 0 Å². The molecule has 0 aromatic heterocycles. The van der Waals surface area contributed by atoms with Crippen LogP contribution >= 0.6 is 0 Å². The Morgan fingerprint density at radius 3 is 2.69 bits per heavy atom. The largest absolute Gasteiger partial charge is 0.393 e. The highest BCUT2D eigenvalue weighted by Crippen LogP contribution is 2.45. The van der Waals surface area contributed by atoms with Crippen molar-refractivity contribution >= 4 is 6.29 Å². The Balaban J connectivity index is 2.08. The fourth-order valence-corrected chi connectivity index (χ4v) is 2.46. The number of hydrogen-bond acceptors (Lipinski definition) is 3. The van der Waals surface area contributed by atoms with Gasteiger partial charge in [-0.05, 0) is 31.6 Å². The average molecular weight is 184 g/mol. The monoisotopic (exact) mass is 184 g/mol. The van der Waals surface area contributed by atoms with Crippen LogP contribution in [0.5, 0.6) is 0 Å². The molecule has 1 aliphatic heterocycles. The zero-order chi connectivity index (χ0) is 9.31. The van der Waals surface area contributed by atoms with E-state index in [1.807, 2.05) is 0 Å². The number of ether oxygens (including phenoxy) is 1. The molecule has 0 bridgehead atoms. The molecule has 3 unspecified atom stereocenters. The molecular formula is C10H16O3. The average Bonchev–Trinajstić information content (AvgIpc) is 2.17. The van der Waals surface area contributed by atoms with Crippen LogP contribution < -0.4 is 0 Å². The Morgan fingerprint density at radius 1 is 1.46 bits per heavy atom. The van der Waals surface area contributed by atoms with E-state index in [-0.39, 0.29) is 17.4 Å². The summed E-state index contributed by atoms with van der Waals surface area (Å²) >= 11 is 0. The van der Waals surface area contributed by atoms with Crippen molar-refractivity contribution in [3.05, 3.63) is 0 Å². The van der Waals surface area contributed by atoms with Crippen molar-refractivity contribution < 1.29 is 14.6 Å². The Hall–Kier alpha value is -0.410. The smallest absolute Gasteiger partial charge is 0.128 e. The minimum Gasteiger partial charge on any atom is -0.393 e. The number of hydrogen-bond donors (Lipinski definition) is 1. The van der Waals surface area contributed by atoms with Crippen LogP contribution in [0.1, 0.15) is 25.7 Å². The maximum absolute atomic E-state index is 11.1. The lowest BCUT2D eigenvalue weighted by Gasteiger charge is -2.46. The van der Waals surface area contributed by atoms with Crippen LogP contribution in [0, 0.1) is 11.3 Å². The first-order chi connectivity index (χ1) is 6.28. The lowest BCUT2D eigenvalue weighted by Crippen LogP contribution is -2.50. The van der Waals surface area contributed by atoms with Crippen LogP contribution in [0.25, 0.3) is 0 Å². The first-order valence-corrected chi connectivity index (χ1v) is 5.01. The van der Waals surface area contributed by atoms with Crippen LogP contribution in [-0.4, -0.2) is 30.7 Å². The third-order valence-electron chi connectivity index (χ3n) is 3.51. The van der Waals surface area contributed by atoms with Gasteiger partial charge >= 0.3 is 0 Å². The van der Waals surface area contributed by atoms with Gasteiger partial charge in [-0.2, -0.15) is 0 Å². The zero-order valence-corrected chi connectivity index (χ0v) is 7.74. The van der Waals surface area contributed by atoms with Gasteiger partial charge in [0.05, 0.1) is 18.1 Å². The molecule has 0 amide bonds. The highest BCUT2D eigenvalue weighted by molar-refractivity contribution is 5.61. The van der Waals surface area contributed by atoms with Gasteiger partial charge in [0.2, 0.25) is 0 Å². The van der Waals surface area contributed by atoms with Crippen molar-refractivity contribution in [3.8, 4) is 0 Å². The molecule has 1 saturated carbocycles. The van der Waals surface area contributed by atoms with Gasteiger partial charge in [-0.3, -0.25) is 0 Å². The maximum Gasteiger partial charge on any atom is 0.128 e. The van der Waals surface area contributed by atoms with E-state index in [1.54, 1.807) is 0 Å². The first kappa shape index (κ1) is 9.16. The first-order valence-electron chi connectivity index (χ1n) is 5.01. The zero-order valence-electron chi connectivity index (χ0n) is 7.74. The standard InChI is InChI=1S/C10H16O3/c11-6-10(4-1-5-13-7-10)8-2-3-9(8)12/h6,8-9,12H,1-5,7H2.